The normalized spacial score (nSPS) is 10.4. The van der Waals surface area contributed by atoms with Crippen LogP contribution in [0.1, 0.15) is 6.42 Å². The Kier molecular flexibility index (Phi) is 5.80. The molecule has 0 aliphatic carbocycles. The zero-order chi connectivity index (χ0) is 12.7. The van der Waals surface area contributed by atoms with E-state index in [1.165, 1.54) is 0 Å². The van der Waals surface area contributed by atoms with Crippen LogP contribution < -0.4 is 10.6 Å². The Morgan fingerprint density at radius 2 is 2.18 bits per heavy atom. The minimum absolute atomic E-state index is 0.203. The molecule has 0 atom stereocenters. The van der Waals surface area contributed by atoms with Crippen molar-refractivity contribution < 1.29 is 4.79 Å². The number of hydrogen-bond acceptors (Lipinski definition) is 2. The fourth-order valence-electron chi connectivity index (χ4n) is 1.34. The van der Waals surface area contributed by atoms with E-state index in [4.69, 9.17) is 11.6 Å². The number of amides is 2. The fraction of sp³-hybridized carbons (Fsp3) is 0.417. The van der Waals surface area contributed by atoms with Gasteiger partial charge in [0.15, 0.2) is 0 Å². The molecule has 0 saturated heterocycles. The molecule has 5 heteroatoms. The summed E-state index contributed by atoms with van der Waals surface area (Å²) in [6.45, 7) is 1.61. The maximum absolute atomic E-state index is 11.5. The third-order valence-corrected chi connectivity index (χ3v) is 2.39. The monoisotopic (exact) mass is 255 g/mol. The summed E-state index contributed by atoms with van der Waals surface area (Å²) < 4.78 is 0. The molecule has 1 rings (SSSR count). The number of urea groups is 1. The third kappa shape index (κ3) is 6.14. The van der Waals surface area contributed by atoms with Crippen LogP contribution in [0.5, 0.6) is 0 Å². The van der Waals surface area contributed by atoms with Crippen LogP contribution in [0.15, 0.2) is 24.3 Å². The van der Waals surface area contributed by atoms with Crippen LogP contribution >= 0.6 is 11.6 Å². The number of halogens is 1. The van der Waals surface area contributed by atoms with Crippen LogP contribution in [0.4, 0.5) is 10.5 Å². The Labute approximate surface area is 107 Å². The molecule has 1 aromatic rings. The van der Waals surface area contributed by atoms with Crippen molar-refractivity contribution in [2.75, 3.05) is 32.5 Å². The average Bonchev–Trinajstić information content (AvgIpc) is 2.24. The quantitative estimate of drug-likeness (QED) is 0.794. The van der Waals surface area contributed by atoms with E-state index in [1.54, 1.807) is 24.3 Å². The van der Waals surface area contributed by atoms with Gasteiger partial charge in [0.05, 0.1) is 0 Å². The number of benzene rings is 1. The van der Waals surface area contributed by atoms with E-state index in [9.17, 15) is 4.79 Å². The summed E-state index contributed by atoms with van der Waals surface area (Å²) >= 11 is 5.81. The third-order valence-electron chi connectivity index (χ3n) is 2.15. The van der Waals surface area contributed by atoms with Crippen LogP contribution in [-0.2, 0) is 0 Å². The summed E-state index contributed by atoms with van der Waals surface area (Å²) in [4.78, 5) is 13.6. The molecule has 0 unspecified atom stereocenters. The van der Waals surface area contributed by atoms with Gasteiger partial charge in [-0.1, -0.05) is 17.7 Å². The average molecular weight is 256 g/mol. The molecule has 0 aliphatic heterocycles. The van der Waals surface area contributed by atoms with Crippen molar-refractivity contribution >= 4 is 23.3 Å². The topological polar surface area (TPSA) is 44.4 Å². The van der Waals surface area contributed by atoms with Gasteiger partial charge in [-0.25, -0.2) is 4.79 Å². The first kappa shape index (κ1) is 13.8. The van der Waals surface area contributed by atoms with Crippen molar-refractivity contribution in [3.05, 3.63) is 29.3 Å². The molecule has 0 bridgehead atoms. The molecule has 2 N–H and O–H groups in total. The second-order valence-corrected chi connectivity index (χ2v) is 4.48. The van der Waals surface area contributed by atoms with Crippen LogP contribution in [0.3, 0.4) is 0 Å². The van der Waals surface area contributed by atoms with Gasteiger partial charge in [0.2, 0.25) is 0 Å². The maximum atomic E-state index is 11.5. The number of carbonyl (C=O) groups excluding carboxylic acids is 1. The Bertz CT molecular complexity index is 369. The highest BCUT2D eigenvalue weighted by molar-refractivity contribution is 6.30. The molecular weight excluding hydrogens is 238 g/mol. The number of nitrogens with zero attached hydrogens (tertiary/aromatic N) is 1. The maximum Gasteiger partial charge on any atom is 0.319 e. The first-order valence-electron chi connectivity index (χ1n) is 5.53. The zero-order valence-electron chi connectivity index (χ0n) is 10.2. The van der Waals surface area contributed by atoms with Crippen molar-refractivity contribution in [1.29, 1.82) is 0 Å². The highest BCUT2D eigenvalue weighted by Gasteiger charge is 2.01. The fourth-order valence-corrected chi connectivity index (χ4v) is 1.53. The predicted molar refractivity (Wildman–Crippen MR) is 71.6 cm³/mol. The predicted octanol–water partition coefficient (Wildman–Crippen LogP) is 2.41. The zero-order valence-corrected chi connectivity index (χ0v) is 10.9. The minimum atomic E-state index is -0.203. The van der Waals surface area contributed by atoms with Crippen LogP contribution in [-0.4, -0.2) is 38.1 Å². The highest BCUT2D eigenvalue weighted by Crippen LogP contribution is 2.14. The molecule has 0 saturated carbocycles. The van der Waals surface area contributed by atoms with Gasteiger partial charge in [0.1, 0.15) is 0 Å². The van der Waals surface area contributed by atoms with Crippen molar-refractivity contribution in [2.45, 2.75) is 6.42 Å². The lowest BCUT2D eigenvalue weighted by Crippen LogP contribution is -2.31. The Hall–Kier alpha value is -1.26. The first-order chi connectivity index (χ1) is 8.08. The highest BCUT2D eigenvalue weighted by atomic mass is 35.5. The number of rotatable bonds is 5. The van der Waals surface area contributed by atoms with E-state index in [0.717, 1.165) is 13.0 Å². The van der Waals surface area contributed by atoms with Crippen LogP contribution in [0.2, 0.25) is 5.02 Å². The molecule has 2 amide bonds. The van der Waals surface area contributed by atoms with Crippen molar-refractivity contribution in [3.8, 4) is 0 Å². The smallest absolute Gasteiger partial charge is 0.319 e. The largest absolute Gasteiger partial charge is 0.338 e. The Balaban J connectivity index is 2.25. The molecule has 0 radical (unpaired) electrons. The van der Waals surface area contributed by atoms with Gasteiger partial charge in [-0.15, -0.1) is 0 Å². The van der Waals surface area contributed by atoms with Crippen LogP contribution in [0.25, 0.3) is 0 Å². The molecule has 0 heterocycles. The number of hydrogen-bond donors (Lipinski definition) is 2. The molecule has 94 valence electrons. The van der Waals surface area contributed by atoms with Crippen molar-refractivity contribution in [3.63, 3.8) is 0 Å². The van der Waals surface area contributed by atoms with Crippen molar-refractivity contribution in [1.82, 2.24) is 10.2 Å². The van der Waals surface area contributed by atoms with Gasteiger partial charge in [0, 0.05) is 17.3 Å². The van der Waals surface area contributed by atoms with Gasteiger partial charge in [-0.3, -0.25) is 0 Å². The number of carbonyl (C=O) groups is 1. The summed E-state index contributed by atoms with van der Waals surface area (Å²) in [6, 6.07) is 6.86. The Morgan fingerprint density at radius 1 is 1.41 bits per heavy atom. The summed E-state index contributed by atoms with van der Waals surface area (Å²) in [5.41, 5.74) is 0.697. The van der Waals surface area contributed by atoms with Gasteiger partial charge in [0.25, 0.3) is 0 Å². The molecule has 0 aliphatic rings. The Morgan fingerprint density at radius 3 is 2.82 bits per heavy atom. The number of anilines is 1. The second-order valence-electron chi connectivity index (χ2n) is 4.05. The second kappa shape index (κ2) is 7.14. The molecule has 4 nitrogen and oxygen atoms in total. The first-order valence-corrected chi connectivity index (χ1v) is 5.91. The summed E-state index contributed by atoms with van der Waals surface area (Å²) in [7, 11) is 4.01. The molecular formula is C12H18ClN3O. The van der Waals surface area contributed by atoms with Crippen LogP contribution in [0, 0.1) is 0 Å². The molecule has 0 aromatic heterocycles. The summed E-state index contributed by atoms with van der Waals surface area (Å²) in [5.74, 6) is 0. The van der Waals surface area contributed by atoms with Gasteiger partial charge in [-0.2, -0.15) is 0 Å². The van der Waals surface area contributed by atoms with E-state index in [2.05, 4.69) is 15.5 Å². The van der Waals surface area contributed by atoms with Gasteiger partial charge < -0.3 is 15.5 Å². The molecule has 0 spiro atoms. The van der Waals surface area contributed by atoms with E-state index in [0.29, 0.717) is 17.3 Å². The summed E-state index contributed by atoms with van der Waals surface area (Å²) in [5, 5.41) is 6.12. The SMILES string of the molecule is CN(C)CCCNC(=O)Nc1cccc(Cl)c1. The van der Waals surface area contributed by atoms with E-state index in [1.807, 2.05) is 14.1 Å². The van der Waals surface area contributed by atoms with Crippen molar-refractivity contribution in [2.24, 2.45) is 0 Å². The lowest BCUT2D eigenvalue weighted by molar-refractivity contribution is 0.251. The van der Waals surface area contributed by atoms with E-state index >= 15 is 0 Å². The standard InChI is InChI=1S/C12H18ClN3O/c1-16(2)8-4-7-14-12(17)15-11-6-3-5-10(13)9-11/h3,5-6,9H,4,7-8H2,1-2H3,(H2,14,15,17). The molecule has 0 fully saturated rings. The van der Waals surface area contributed by atoms with Gasteiger partial charge in [-0.05, 0) is 45.3 Å². The molecule has 1 aromatic carbocycles. The lowest BCUT2D eigenvalue weighted by Gasteiger charge is -2.10. The van der Waals surface area contributed by atoms with E-state index < -0.39 is 0 Å². The lowest BCUT2D eigenvalue weighted by atomic mass is 10.3. The minimum Gasteiger partial charge on any atom is -0.338 e. The van der Waals surface area contributed by atoms with Gasteiger partial charge >= 0.3 is 6.03 Å². The van der Waals surface area contributed by atoms with E-state index in [-0.39, 0.29) is 6.03 Å². The molecule has 17 heavy (non-hydrogen) atoms. The number of nitrogens with one attached hydrogen (secondary N) is 2. The summed E-state index contributed by atoms with van der Waals surface area (Å²) in [6.07, 6.45) is 0.927.